The van der Waals surface area contributed by atoms with Crippen LogP contribution in [-0.4, -0.2) is 16.6 Å². The minimum atomic E-state index is -0.135. The van der Waals surface area contributed by atoms with Gasteiger partial charge in [0.2, 0.25) is 0 Å². The lowest BCUT2D eigenvalue weighted by molar-refractivity contribution is 0.239. The highest BCUT2D eigenvalue weighted by molar-refractivity contribution is 7.15. The van der Waals surface area contributed by atoms with E-state index < -0.39 is 0 Å². The Kier molecular flexibility index (Phi) is 3.90. The molecule has 4 nitrogen and oxygen atoms in total. The van der Waals surface area contributed by atoms with Crippen molar-refractivity contribution in [3.63, 3.8) is 0 Å². The van der Waals surface area contributed by atoms with Crippen LogP contribution in [0, 0.1) is 0 Å². The van der Waals surface area contributed by atoms with Crippen LogP contribution in [-0.2, 0) is 0 Å². The Hall–Kier alpha value is -1.10. The molecule has 1 aliphatic rings. The van der Waals surface area contributed by atoms with Crippen molar-refractivity contribution in [2.75, 3.05) is 5.32 Å². The van der Waals surface area contributed by atoms with E-state index in [0.29, 0.717) is 11.0 Å². The number of amides is 2. The molecule has 2 N–H and O–H groups in total. The Balaban J connectivity index is 1.90. The van der Waals surface area contributed by atoms with Crippen molar-refractivity contribution in [3.05, 3.63) is 11.1 Å². The smallest absolute Gasteiger partial charge is 0.321 e. The van der Waals surface area contributed by atoms with Gasteiger partial charge in [-0.3, -0.25) is 5.32 Å². The number of thiazole rings is 1. The van der Waals surface area contributed by atoms with E-state index in [0.717, 1.165) is 12.8 Å². The first-order chi connectivity index (χ1) is 8.48. The van der Waals surface area contributed by atoms with E-state index in [9.17, 15) is 4.79 Å². The molecule has 5 heteroatoms. The third-order valence-corrected chi connectivity index (χ3v) is 4.65. The predicted molar refractivity (Wildman–Crippen MR) is 75.2 cm³/mol. The van der Waals surface area contributed by atoms with Crippen molar-refractivity contribution in [2.24, 2.45) is 0 Å². The fourth-order valence-corrected chi connectivity index (χ4v) is 3.11. The van der Waals surface area contributed by atoms with E-state index in [1.54, 1.807) is 11.3 Å². The van der Waals surface area contributed by atoms with E-state index >= 15 is 0 Å². The zero-order valence-corrected chi connectivity index (χ0v) is 12.1. The highest BCUT2D eigenvalue weighted by atomic mass is 32.1. The van der Waals surface area contributed by atoms with Crippen molar-refractivity contribution in [3.8, 4) is 0 Å². The summed E-state index contributed by atoms with van der Waals surface area (Å²) in [5.74, 6) is 0.452. The second-order valence-corrected chi connectivity index (χ2v) is 6.63. The lowest BCUT2D eigenvalue weighted by Crippen LogP contribution is -2.45. The maximum Gasteiger partial charge on any atom is 0.321 e. The molecule has 1 aromatic rings. The van der Waals surface area contributed by atoms with Crippen LogP contribution < -0.4 is 10.6 Å². The topological polar surface area (TPSA) is 54.0 Å². The largest absolute Gasteiger partial charge is 0.333 e. The zero-order chi connectivity index (χ0) is 13.2. The summed E-state index contributed by atoms with van der Waals surface area (Å²) in [5, 5.41) is 6.56. The molecule has 1 aliphatic carbocycles. The van der Waals surface area contributed by atoms with Gasteiger partial charge in [-0.15, -0.1) is 11.3 Å². The van der Waals surface area contributed by atoms with Gasteiger partial charge in [0.1, 0.15) is 0 Å². The molecule has 1 saturated carbocycles. The second-order valence-electron chi connectivity index (χ2n) is 5.57. The molecule has 2 amide bonds. The molecule has 1 fully saturated rings. The van der Waals surface area contributed by atoms with Gasteiger partial charge in [0.05, 0.1) is 0 Å². The molecular formula is C13H21N3OS. The summed E-state index contributed by atoms with van der Waals surface area (Å²) >= 11 is 1.54. The second kappa shape index (κ2) is 5.26. The minimum absolute atomic E-state index is 0.0395. The van der Waals surface area contributed by atoms with E-state index in [-0.39, 0.29) is 11.6 Å². The maximum atomic E-state index is 11.9. The van der Waals surface area contributed by atoms with Crippen LogP contribution >= 0.6 is 11.3 Å². The fraction of sp³-hybridized carbons (Fsp3) is 0.692. The number of urea groups is 1. The van der Waals surface area contributed by atoms with Crippen LogP contribution in [0.3, 0.4) is 0 Å². The number of anilines is 1. The molecule has 0 unspecified atom stereocenters. The Labute approximate surface area is 112 Å². The molecule has 0 saturated heterocycles. The van der Waals surface area contributed by atoms with Crippen molar-refractivity contribution >= 4 is 22.5 Å². The first-order valence-corrected chi connectivity index (χ1v) is 7.35. The van der Waals surface area contributed by atoms with Gasteiger partial charge >= 0.3 is 6.03 Å². The van der Waals surface area contributed by atoms with Crippen LogP contribution in [0.25, 0.3) is 0 Å². The van der Waals surface area contributed by atoms with Crippen LogP contribution in [0.1, 0.15) is 57.2 Å². The molecule has 1 aromatic heterocycles. The number of nitrogens with zero attached hydrogens (tertiary/aromatic N) is 1. The van der Waals surface area contributed by atoms with E-state index in [1.165, 1.54) is 17.7 Å². The van der Waals surface area contributed by atoms with Gasteiger partial charge in [0.25, 0.3) is 0 Å². The molecule has 1 heterocycles. The van der Waals surface area contributed by atoms with Crippen molar-refractivity contribution in [1.82, 2.24) is 10.3 Å². The average molecular weight is 267 g/mol. The summed E-state index contributed by atoms with van der Waals surface area (Å²) in [4.78, 5) is 17.3. The standard InChI is InChI=1S/C13H21N3OS/c1-9(2)10-8-14-12(18-10)15-11(17)16-13(3)6-4-5-7-13/h8-9H,4-7H2,1-3H3,(H2,14,15,16,17). The molecule has 0 atom stereocenters. The van der Waals surface area contributed by atoms with Gasteiger partial charge in [-0.05, 0) is 25.7 Å². The van der Waals surface area contributed by atoms with Crippen molar-refractivity contribution in [1.29, 1.82) is 0 Å². The van der Waals surface area contributed by atoms with Gasteiger partial charge in [0, 0.05) is 16.6 Å². The number of carbonyl (C=O) groups is 1. The van der Waals surface area contributed by atoms with E-state index in [1.807, 2.05) is 6.20 Å². The highest BCUT2D eigenvalue weighted by Gasteiger charge is 2.30. The first-order valence-electron chi connectivity index (χ1n) is 6.53. The fourth-order valence-electron chi connectivity index (χ4n) is 2.29. The van der Waals surface area contributed by atoms with Gasteiger partial charge in [-0.2, -0.15) is 0 Å². The highest BCUT2D eigenvalue weighted by Crippen LogP contribution is 2.29. The molecular weight excluding hydrogens is 246 g/mol. The van der Waals surface area contributed by atoms with Gasteiger partial charge < -0.3 is 5.32 Å². The normalized spacial score (nSPS) is 18.0. The zero-order valence-electron chi connectivity index (χ0n) is 11.2. The first kappa shape index (κ1) is 13.3. The van der Waals surface area contributed by atoms with Crippen molar-refractivity contribution in [2.45, 2.75) is 57.9 Å². The van der Waals surface area contributed by atoms with Gasteiger partial charge in [-0.25, -0.2) is 9.78 Å². The van der Waals surface area contributed by atoms with Crippen molar-refractivity contribution < 1.29 is 4.79 Å². The molecule has 0 spiro atoms. The summed E-state index contributed by atoms with van der Waals surface area (Å²) in [6.07, 6.45) is 6.37. The quantitative estimate of drug-likeness (QED) is 0.877. The van der Waals surface area contributed by atoms with E-state index in [4.69, 9.17) is 0 Å². The number of aromatic nitrogens is 1. The van der Waals surface area contributed by atoms with Crippen LogP contribution in [0.5, 0.6) is 0 Å². The SMILES string of the molecule is CC(C)c1cnc(NC(=O)NC2(C)CCCC2)s1. The Bertz CT molecular complexity index is 422. The number of carbonyl (C=O) groups excluding carboxylic acids is 1. The number of hydrogen-bond donors (Lipinski definition) is 2. The molecule has 0 bridgehead atoms. The summed E-state index contributed by atoms with van der Waals surface area (Å²) < 4.78 is 0. The Morgan fingerprint density at radius 1 is 1.44 bits per heavy atom. The molecule has 100 valence electrons. The lowest BCUT2D eigenvalue weighted by Gasteiger charge is -2.24. The van der Waals surface area contributed by atoms with Crippen LogP contribution in [0.2, 0.25) is 0 Å². The summed E-state index contributed by atoms with van der Waals surface area (Å²) in [6.45, 7) is 6.36. The van der Waals surface area contributed by atoms with Gasteiger partial charge in [-0.1, -0.05) is 26.7 Å². The summed E-state index contributed by atoms with van der Waals surface area (Å²) in [7, 11) is 0. The Morgan fingerprint density at radius 3 is 2.67 bits per heavy atom. The third-order valence-electron chi connectivity index (χ3n) is 3.44. The average Bonchev–Trinajstić information content (AvgIpc) is 2.87. The monoisotopic (exact) mass is 267 g/mol. The molecule has 0 radical (unpaired) electrons. The number of nitrogens with one attached hydrogen (secondary N) is 2. The van der Waals surface area contributed by atoms with Crippen LogP contribution in [0.15, 0.2) is 6.20 Å². The summed E-state index contributed by atoms with van der Waals surface area (Å²) in [6, 6.07) is -0.135. The number of rotatable bonds is 3. The van der Waals surface area contributed by atoms with Gasteiger partial charge in [0.15, 0.2) is 5.13 Å². The maximum absolute atomic E-state index is 11.9. The predicted octanol–water partition coefficient (Wildman–Crippen LogP) is 3.72. The number of hydrogen-bond acceptors (Lipinski definition) is 3. The minimum Gasteiger partial charge on any atom is -0.333 e. The van der Waals surface area contributed by atoms with E-state index in [2.05, 4.69) is 36.4 Å². The molecule has 0 aromatic carbocycles. The Morgan fingerprint density at radius 2 is 2.11 bits per heavy atom. The van der Waals surface area contributed by atoms with Crippen LogP contribution in [0.4, 0.5) is 9.93 Å². The molecule has 0 aliphatic heterocycles. The summed E-state index contributed by atoms with van der Waals surface area (Å²) in [5.41, 5.74) is -0.0395. The molecule has 2 rings (SSSR count). The lowest BCUT2D eigenvalue weighted by atomic mass is 10.0. The third kappa shape index (κ3) is 3.22. The molecule has 18 heavy (non-hydrogen) atoms.